The molecule has 5 heteroatoms. The lowest BCUT2D eigenvalue weighted by Gasteiger charge is -2.34. The summed E-state index contributed by atoms with van der Waals surface area (Å²) in [5.41, 5.74) is 0.915. The standard InChI is InChI=1S/C19H25N3OS/c1-2-19(12-13-9-10-16(19)21-13)18(23)20-11-5-8-17-22-14-6-3-4-7-15(14)24-17/h3-4,6-7,13,16,21H,2,5,8-12H2,1H3,(H,20,23)/t13-,16+,19+/m0/s1. The van der Waals surface area contributed by atoms with Crippen LogP contribution in [0, 0.1) is 5.41 Å². The molecular weight excluding hydrogens is 318 g/mol. The van der Waals surface area contributed by atoms with Crippen LogP contribution in [0.5, 0.6) is 0 Å². The smallest absolute Gasteiger partial charge is 0.227 e. The van der Waals surface area contributed by atoms with E-state index in [0.29, 0.717) is 12.1 Å². The number of amides is 1. The second-order valence-corrected chi connectivity index (χ2v) is 8.26. The van der Waals surface area contributed by atoms with Crippen molar-refractivity contribution in [3.05, 3.63) is 29.3 Å². The number of nitrogens with one attached hydrogen (secondary N) is 2. The van der Waals surface area contributed by atoms with Gasteiger partial charge < -0.3 is 10.6 Å². The van der Waals surface area contributed by atoms with Gasteiger partial charge in [0.1, 0.15) is 0 Å². The molecule has 2 bridgehead atoms. The summed E-state index contributed by atoms with van der Waals surface area (Å²) < 4.78 is 1.24. The maximum Gasteiger partial charge on any atom is 0.227 e. The van der Waals surface area contributed by atoms with Crippen molar-refractivity contribution in [1.82, 2.24) is 15.6 Å². The molecule has 2 aromatic rings. The first-order valence-electron chi connectivity index (χ1n) is 9.10. The van der Waals surface area contributed by atoms with Crippen molar-refractivity contribution in [2.45, 2.75) is 57.5 Å². The highest BCUT2D eigenvalue weighted by Gasteiger charge is 2.54. The van der Waals surface area contributed by atoms with Crippen LogP contribution >= 0.6 is 11.3 Å². The molecule has 2 fully saturated rings. The van der Waals surface area contributed by atoms with E-state index in [2.05, 4.69) is 40.7 Å². The van der Waals surface area contributed by atoms with Gasteiger partial charge in [-0.1, -0.05) is 19.1 Å². The average molecular weight is 343 g/mol. The monoisotopic (exact) mass is 343 g/mol. The molecule has 1 aromatic carbocycles. The Hall–Kier alpha value is -1.46. The summed E-state index contributed by atoms with van der Waals surface area (Å²) in [6.07, 6.45) is 6.22. The number of carbonyl (C=O) groups is 1. The summed E-state index contributed by atoms with van der Waals surface area (Å²) in [5.74, 6) is 0.258. The normalized spacial score (nSPS) is 28.5. The van der Waals surface area contributed by atoms with Crippen LogP contribution < -0.4 is 10.6 Å². The largest absolute Gasteiger partial charge is 0.356 e. The Morgan fingerprint density at radius 1 is 1.42 bits per heavy atom. The van der Waals surface area contributed by atoms with Gasteiger partial charge in [-0.2, -0.15) is 0 Å². The lowest BCUT2D eigenvalue weighted by atomic mass is 9.71. The van der Waals surface area contributed by atoms with Gasteiger partial charge >= 0.3 is 0 Å². The van der Waals surface area contributed by atoms with E-state index in [1.54, 1.807) is 11.3 Å². The first-order valence-corrected chi connectivity index (χ1v) is 9.92. The van der Waals surface area contributed by atoms with Gasteiger partial charge in [-0.15, -0.1) is 11.3 Å². The fourth-order valence-electron chi connectivity index (χ4n) is 4.44. The molecular formula is C19H25N3OS. The number of benzene rings is 1. The number of aryl methyl sites for hydroxylation is 1. The highest BCUT2D eigenvalue weighted by molar-refractivity contribution is 7.18. The lowest BCUT2D eigenvalue weighted by molar-refractivity contribution is -0.132. The van der Waals surface area contributed by atoms with Crippen molar-refractivity contribution in [2.24, 2.45) is 5.41 Å². The number of hydrogen-bond acceptors (Lipinski definition) is 4. The molecule has 1 amide bonds. The van der Waals surface area contributed by atoms with Gasteiger partial charge in [-0.25, -0.2) is 4.98 Å². The molecule has 3 heterocycles. The van der Waals surface area contributed by atoms with E-state index >= 15 is 0 Å². The van der Waals surface area contributed by atoms with Crippen molar-refractivity contribution >= 4 is 27.5 Å². The predicted molar refractivity (Wildman–Crippen MR) is 98.2 cm³/mol. The number of para-hydroxylation sites is 1. The third kappa shape index (κ3) is 2.74. The Bertz CT molecular complexity index is 710. The molecule has 128 valence electrons. The third-order valence-electron chi connectivity index (χ3n) is 5.79. The molecule has 2 N–H and O–H groups in total. The predicted octanol–water partition coefficient (Wildman–Crippen LogP) is 3.27. The Balaban J connectivity index is 1.30. The Morgan fingerprint density at radius 3 is 3.00 bits per heavy atom. The molecule has 2 saturated heterocycles. The van der Waals surface area contributed by atoms with Crippen LogP contribution in [0.1, 0.15) is 44.0 Å². The summed E-state index contributed by atoms with van der Waals surface area (Å²) in [5, 5.41) is 7.98. The first kappa shape index (κ1) is 16.0. The molecule has 4 rings (SSSR count). The van der Waals surface area contributed by atoms with Crippen LogP contribution in [0.25, 0.3) is 10.2 Å². The van der Waals surface area contributed by atoms with Gasteiger partial charge in [-0.3, -0.25) is 4.79 Å². The van der Waals surface area contributed by atoms with Gasteiger partial charge in [0, 0.05) is 25.0 Å². The molecule has 24 heavy (non-hydrogen) atoms. The molecule has 0 radical (unpaired) electrons. The second kappa shape index (κ2) is 6.45. The van der Waals surface area contributed by atoms with Gasteiger partial charge in [0.15, 0.2) is 0 Å². The lowest BCUT2D eigenvalue weighted by Crippen LogP contribution is -2.48. The van der Waals surface area contributed by atoms with E-state index in [1.165, 1.54) is 11.1 Å². The summed E-state index contributed by atoms with van der Waals surface area (Å²) >= 11 is 1.76. The summed E-state index contributed by atoms with van der Waals surface area (Å²) in [6.45, 7) is 2.90. The minimum absolute atomic E-state index is 0.168. The fraction of sp³-hybridized carbons (Fsp3) is 0.579. The van der Waals surface area contributed by atoms with Crippen molar-refractivity contribution in [2.75, 3.05) is 6.54 Å². The van der Waals surface area contributed by atoms with Crippen LogP contribution in [-0.4, -0.2) is 29.5 Å². The van der Waals surface area contributed by atoms with Gasteiger partial charge in [0.05, 0.1) is 20.6 Å². The number of carbonyl (C=O) groups excluding carboxylic acids is 1. The van der Waals surface area contributed by atoms with Crippen molar-refractivity contribution in [1.29, 1.82) is 0 Å². The molecule has 0 saturated carbocycles. The van der Waals surface area contributed by atoms with E-state index in [-0.39, 0.29) is 11.3 Å². The number of fused-ring (bicyclic) bond motifs is 3. The zero-order chi connectivity index (χ0) is 16.6. The molecule has 4 nitrogen and oxygen atoms in total. The second-order valence-electron chi connectivity index (χ2n) is 7.14. The highest BCUT2D eigenvalue weighted by atomic mass is 32.1. The number of hydrogen-bond donors (Lipinski definition) is 2. The molecule has 0 unspecified atom stereocenters. The minimum Gasteiger partial charge on any atom is -0.356 e. The zero-order valence-corrected chi connectivity index (χ0v) is 15.0. The SMILES string of the molecule is CC[C@@]1(C(=O)NCCCc2nc3ccccc3s2)C[C@@H]2CC[C@H]1N2. The van der Waals surface area contributed by atoms with Crippen molar-refractivity contribution < 1.29 is 4.79 Å². The molecule has 1 aromatic heterocycles. The topological polar surface area (TPSA) is 54.0 Å². The van der Waals surface area contributed by atoms with E-state index < -0.39 is 0 Å². The van der Waals surface area contributed by atoms with E-state index in [9.17, 15) is 4.79 Å². The minimum atomic E-state index is -0.168. The van der Waals surface area contributed by atoms with E-state index in [4.69, 9.17) is 0 Å². The average Bonchev–Trinajstić information content (AvgIpc) is 3.31. The van der Waals surface area contributed by atoms with Crippen LogP contribution in [0.15, 0.2) is 24.3 Å². The summed E-state index contributed by atoms with van der Waals surface area (Å²) in [7, 11) is 0. The number of nitrogens with zero attached hydrogens (tertiary/aromatic N) is 1. The maximum atomic E-state index is 12.8. The van der Waals surface area contributed by atoms with Crippen molar-refractivity contribution in [3.8, 4) is 0 Å². The molecule has 2 aliphatic heterocycles. The van der Waals surface area contributed by atoms with Gasteiger partial charge in [-0.05, 0) is 44.2 Å². The Morgan fingerprint density at radius 2 is 2.29 bits per heavy atom. The van der Waals surface area contributed by atoms with Crippen LogP contribution in [0.2, 0.25) is 0 Å². The summed E-state index contributed by atoms with van der Waals surface area (Å²) in [4.78, 5) is 17.4. The zero-order valence-electron chi connectivity index (χ0n) is 14.2. The molecule has 0 spiro atoms. The number of thiazole rings is 1. The number of rotatable bonds is 6. The maximum absolute atomic E-state index is 12.8. The van der Waals surface area contributed by atoms with Crippen molar-refractivity contribution in [3.63, 3.8) is 0 Å². The van der Waals surface area contributed by atoms with E-state index in [0.717, 1.165) is 49.2 Å². The third-order valence-corrected chi connectivity index (χ3v) is 6.89. The van der Waals surface area contributed by atoms with Gasteiger partial charge in [0.25, 0.3) is 0 Å². The number of aromatic nitrogens is 1. The quantitative estimate of drug-likeness (QED) is 0.792. The Labute approximate surface area is 147 Å². The van der Waals surface area contributed by atoms with Gasteiger partial charge in [0.2, 0.25) is 5.91 Å². The summed E-state index contributed by atoms with van der Waals surface area (Å²) in [6, 6.07) is 9.20. The van der Waals surface area contributed by atoms with Crippen LogP contribution in [-0.2, 0) is 11.2 Å². The fourth-order valence-corrected chi connectivity index (χ4v) is 5.45. The Kier molecular flexibility index (Phi) is 4.31. The molecule has 0 aliphatic carbocycles. The van der Waals surface area contributed by atoms with Crippen LogP contribution in [0.3, 0.4) is 0 Å². The molecule has 2 aliphatic rings. The first-order chi connectivity index (χ1) is 11.7. The van der Waals surface area contributed by atoms with Crippen LogP contribution in [0.4, 0.5) is 0 Å². The molecule has 3 atom stereocenters. The van der Waals surface area contributed by atoms with E-state index in [1.807, 2.05) is 6.07 Å². The highest BCUT2D eigenvalue weighted by Crippen LogP contribution is 2.45.